The molecule has 41 heavy (non-hydrogen) atoms. The molecule has 2 aromatic carbocycles. The van der Waals surface area contributed by atoms with Crippen LogP contribution in [0.15, 0.2) is 48.8 Å². The van der Waals surface area contributed by atoms with Crippen LogP contribution >= 0.6 is 0 Å². The molecule has 1 aromatic heterocycles. The quantitative estimate of drug-likeness (QED) is 0.441. The molecule has 0 aliphatic carbocycles. The Kier molecular flexibility index (Phi) is 7.77. The van der Waals surface area contributed by atoms with Crippen molar-refractivity contribution in [2.75, 3.05) is 62.7 Å². The van der Waals surface area contributed by atoms with Crippen LogP contribution in [-0.4, -0.2) is 89.7 Å². The molecule has 3 aliphatic heterocycles. The summed E-state index contributed by atoms with van der Waals surface area (Å²) in [6, 6.07) is 13.0. The van der Waals surface area contributed by atoms with Crippen molar-refractivity contribution in [1.29, 1.82) is 0 Å². The number of carbonyl (C=O) groups excluding carboxylic acids is 1. The number of aliphatic hydroxyl groups excluding tert-OH is 1. The van der Waals surface area contributed by atoms with E-state index in [0.717, 1.165) is 71.5 Å². The highest BCUT2D eigenvalue weighted by Gasteiger charge is 2.30. The average molecular weight is 561 g/mol. The topological polar surface area (TPSA) is 85.3 Å². The summed E-state index contributed by atoms with van der Waals surface area (Å²) in [7, 11) is 2.12. The first kappa shape index (κ1) is 27.4. The van der Waals surface area contributed by atoms with E-state index in [9.17, 15) is 14.3 Å². The van der Waals surface area contributed by atoms with Crippen LogP contribution in [0.2, 0.25) is 0 Å². The Balaban J connectivity index is 1.31. The van der Waals surface area contributed by atoms with E-state index in [-0.39, 0.29) is 6.61 Å². The van der Waals surface area contributed by atoms with Crippen LogP contribution in [0, 0.1) is 0 Å². The summed E-state index contributed by atoms with van der Waals surface area (Å²) < 4.78 is 19.7. The molecular weight excluding hydrogens is 523 g/mol. The van der Waals surface area contributed by atoms with Crippen LogP contribution in [0.5, 0.6) is 6.01 Å². The maximum atomic E-state index is 13.5. The lowest BCUT2D eigenvalue weighted by molar-refractivity contribution is -0.128. The van der Waals surface area contributed by atoms with Gasteiger partial charge in [-0.15, -0.1) is 0 Å². The van der Waals surface area contributed by atoms with E-state index in [1.54, 1.807) is 0 Å². The number of nitrogens with zero attached hydrogens (tertiary/aromatic N) is 6. The van der Waals surface area contributed by atoms with Gasteiger partial charge in [0.15, 0.2) is 5.83 Å². The van der Waals surface area contributed by atoms with Gasteiger partial charge in [-0.05, 0) is 49.9 Å². The highest BCUT2D eigenvalue weighted by atomic mass is 19.1. The zero-order chi connectivity index (χ0) is 28.5. The number of halogens is 1. The van der Waals surface area contributed by atoms with Crippen LogP contribution in [0.1, 0.15) is 29.7 Å². The standard InChI is InChI=1S/C31H37FN6O3/c1-21(32)30(40)37-16-14-36(15-17-37)29-25-11-13-38(27-10-4-7-22-6-3-8-23(19-39)28(22)27)18-26(25)33-31(34-29)41-20-24-9-5-12-35(24)2/h3-4,6-8,10,24,39H,1,5,9,11-20H2,2H3/t24-/m0/s1. The smallest absolute Gasteiger partial charge is 0.318 e. The molecule has 3 aliphatic rings. The van der Waals surface area contributed by atoms with Gasteiger partial charge < -0.3 is 29.4 Å². The number of amides is 1. The van der Waals surface area contributed by atoms with Crippen LogP contribution in [-0.2, 0) is 24.4 Å². The third-order valence-electron chi connectivity index (χ3n) is 8.68. The molecule has 0 saturated carbocycles. The minimum absolute atomic E-state index is 0.0249. The van der Waals surface area contributed by atoms with Gasteiger partial charge in [0.2, 0.25) is 0 Å². The van der Waals surface area contributed by atoms with Gasteiger partial charge >= 0.3 is 6.01 Å². The third kappa shape index (κ3) is 5.46. The van der Waals surface area contributed by atoms with Crippen molar-refractivity contribution < 1.29 is 19.0 Å². The van der Waals surface area contributed by atoms with E-state index >= 15 is 0 Å². The molecule has 0 spiro atoms. The fourth-order valence-corrected chi connectivity index (χ4v) is 6.37. The maximum absolute atomic E-state index is 13.5. The summed E-state index contributed by atoms with van der Waals surface area (Å²) in [5, 5.41) is 12.2. The van der Waals surface area contributed by atoms with Gasteiger partial charge in [0.1, 0.15) is 12.4 Å². The van der Waals surface area contributed by atoms with Crippen LogP contribution in [0.3, 0.4) is 0 Å². The Labute approximate surface area is 239 Å². The Bertz CT molecular complexity index is 1450. The van der Waals surface area contributed by atoms with Crippen molar-refractivity contribution in [3.8, 4) is 6.01 Å². The minimum atomic E-state index is -0.927. The first-order chi connectivity index (χ1) is 19.9. The normalized spacial score (nSPS) is 19.5. The number of aliphatic hydroxyl groups is 1. The van der Waals surface area contributed by atoms with Gasteiger partial charge in [-0.2, -0.15) is 9.97 Å². The summed E-state index contributed by atoms with van der Waals surface area (Å²) in [5.74, 6) is -0.736. The lowest BCUT2D eigenvalue weighted by Crippen LogP contribution is -2.49. The molecule has 2 fully saturated rings. The number of hydrogen-bond donors (Lipinski definition) is 1. The number of rotatable bonds is 7. The largest absolute Gasteiger partial charge is 0.462 e. The zero-order valence-corrected chi connectivity index (χ0v) is 23.6. The number of carbonyl (C=O) groups is 1. The Morgan fingerprint density at radius 2 is 1.85 bits per heavy atom. The first-order valence-electron chi connectivity index (χ1n) is 14.4. The number of anilines is 2. The molecule has 0 bridgehead atoms. The fraction of sp³-hybridized carbons (Fsp3) is 0.452. The second-order valence-electron chi connectivity index (χ2n) is 11.1. The second-order valence-corrected chi connectivity index (χ2v) is 11.1. The molecule has 0 unspecified atom stereocenters. The van der Waals surface area contributed by atoms with Gasteiger partial charge in [0, 0.05) is 55.4 Å². The lowest BCUT2D eigenvalue weighted by atomic mass is 9.99. The lowest BCUT2D eigenvalue weighted by Gasteiger charge is -2.38. The molecule has 216 valence electrons. The third-order valence-corrected chi connectivity index (χ3v) is 8.68. The van der Waals surface area contributed by atoms with E-state index in [0.29, 0.717) is 51.4 Å². The molecule has 4 heterocycles. The first-order valence-corrected chi connectivity index (χ1v) is 14.4. The van der Waals surface area contributed by atoms with E-state index in [1.807, 2.05) is 12.1 Å². The SMILES string of the molecule is C=C(F)C(=O)N1CCN(c2nc(OC[C@@H]3CCCN3C)nc3c2CCN(c2cccc4cccc(CO)c24)C3)CC1. The number of likely N-dealkylation sites (tertiary alicyclic amines) is 1. The van der Waals surface area contributed by atoms with Crippen molar-refractivity contribution >= 4 is 28.2 Å². The number of ether oxygens (including phenoxy) is 1. The van der Waals surface area contributed by atoms with E-state index < -0.39 is 11.7 Å². The molecule has 0 radical (unpaired) electrons. The van der Waals surface area contributed by atoms with Gasteiger partial charge in [-0.25, -0.2) is 4.39 Å². The monoisotopic (exact) mass is 560 g/mol. The molecule has 9 nitrogen and oxygen atoms in total. The predicted octanol–water partition coefficient (Wildman–Crippen LogP) is 3.29. The van der Waals surface area contributed by atoms with Crippen molar-refractivity contribution in [2.45, 2.75) is 38.5 Å². The second kappa shape index (κ2) is 11.6. The molecule has 10 heteroatoms. The van der Waals surface area contributed by atoms with Crippen LogP contribution < -0.4 is 14.5 Å². The minimum Gasteiger partial charge on any atom is -0.462 e. The van der Waals surface area contributed by atoms with Gasteiger partial charge in [0.25, 0.3) is 5.91 Å². The average Bonchev–Trinajstić information content (AvgIpc) is 3.42. The number of piperazine rings is 1. The van der Waals surface area contributed by atoms with Gasteiger partial charge in [0.05, 0.1) is 18.8 Å². The van der Waals surface area contributed by atoms with Gasteiger partial charge in [-0.1, -0.05) is 36.9 Å². The number of likely N-dealkylation sites (N-methyl/N-ethyl adjacent to an activating group) is 1. The zero-order valence-electron chi connectivity index (χ0n) is 23.6. The molecule has 1 amide bonds. The highest BCUT2D eigenvalue weighted by molar-refractivity contribution is 5.97. The predicted molar refractivity (Wildman–Crippen MR) is 157 cm³/mol. The summed E-state index contributed by atoms with van der Waals surface area (Å²) in [4.78, 5) is 30.3. The summed E-state index contributed by atoms with van der Waals surface area (Å²) in [5.41, 5.74) is 3.99. The molecule has 2 saturated heterocycles. The molecule has 3 aromatic rings. The molecular formula is C31H37FN6O3. The summed E-state index contributed by atoms with van der Waals surface area (Å²) >= 11 is 0. The number of benzene rings is 2. The molecule has 1 N–H and O–H groups in total. The van der Waals surface area contributed by atoms with Crippen molar-refractivity contribution in [3.63, 3.8) is 0 Å². The number of fused-ring (bicyclic) bond motifs is 2. The highest BCUT2D eigenvalue weighted by Crippen LogP contribution is 2.36. The van der Waals surface area contributed by atoms with Gasteiger partial charge in [-0.3, -0.25) is 4.79 Å². The summed E-state index contributed by atoms with van der Waals surface area (Å²) in [6.45, 7) is 7.98. The number of aromatic nitrogens is 2. The number of hydrogen-bond acceptors (Lipinski definition) is 8. The molecule has 6 rings (SSSR count). The summed E-state index contributed by atoms with van der Waals surface area (Å²) in [6.07, 6.45) is 2.99. The van der Waals surface area contributed by atoms with E-state index in [1.165, 1.54) is 4.90 Å². The van der Waals surface area contributed by atoms with E-state index in [4.69, 9.17) is 14.7 Å². The fourth-order valence-electron chi connectivity index (χ4n) is 6.37. The Morgan fingerprint density at radius 1 is 1.07 bits per heavy atom. The van der Waals surface area contributed by atoms with E-state index in [2.05, 4.69) is 52.6 Å². The van der Waals surface area contributed by atoms with Crippen LogP contribution in [0.25, 0.3) is 10.8 Å². The van der Waals surface area contributed by atoms with Crippen LogP contribution in [0.4, 0.5) is 15.9 Å². The molecule has 1 atom stereocenters. The van der Waals surface area contributed by atoms with Crippen molar-refractivity contribution in [1.82, 2.24) is 19.8 Å². The Hall–Kier alpha value is -3.76. The maximum Gasteiger partial charge on any atom is 0.318 e. The van der Waals surface area contributed by atoms with Crippen molar-refractivity contribution in [2.24, 2.45) is 0 Å². The Morgan fingerprint density at radius 3 is 2.56 bits per heavy atom. The van der Waals surface area contributed by atoms with Crippen molar-refractivity contribution in [3.05, 3.63) is 65.6 Å².